The molecular formula is C14H21N3O2S. The molecule has 2 N–H and O–H groups in total. The molecule has 0 radical (unpaired) electrons. The Morgan fingerprint density at radius 3 is 2.65 bits per heavy atom. The average Bonchev–Trinajstić information content (AvgIpc) is 2.36. The number of aromatic nitrogens is 1. The minimum atomic E-state index is -0.199. The van der Waals surface area contributed by atoms with Crippen molar-refractivity contribution in [2.75, 3.05) is 13.1 Å². The van der Waals surface area contributed by atoms with Gasteiger partial charge in [-0.1, -0.05) is 26.1 Å². The molecule has 0 spiro atoms. The SMILES string of the molecule is CC(C)CN(CCC(N)=S)C(=O)c1ccn(C)c(=O)c1. The molecule has 0 bridgehead atoms. The van der Waals surface area contributed by atoms with Crippen LogP contribution in [0.15, 0.2) is 23.1 Å². The van der Waals surface area contributed by atoms with Gasteiger partial charge in [-0.2, -0.15) is 0 Å². The predicted molar refractivity (Wildman–Crippen MR) is 83.8 cm³/mol. The maximum absolute atomic E-state index is 12.5. The molecule has 0 saturated carbocycles. The minimum Gasteiger partial charge on any atom is -0.393 e. The van der Waals surface area contributed by atoms with Gasteiger partial charge in [0.1, 0.15) is 0 Å². The number of amides is 1. The van der Waals surface area contributed by atoms with Gasteiger partial charge in [0.2, 0.25) is 0 Å². The van der Waals surface area contributed by atoms with Gasteiger partial charge in [-0.05, 0) is 12.0 Å². The number of nitrogens with zero attached hydrogens (tertiary/aromatic N) is 2. The van der Waals surface area contributed by atoms with Gasteiger partial charge in [-0.15, -0.1) is 0 Å². The van der Waals surface area contributed by atoms with E-state index in [0.717, 1.165) is 0 Å². The maximum Gasteiger partial charge on any atom is 0.254 e. The number of pyridine rings is 1. The van der Waals surface area contributed by atoms with Crippen LogP contribution in [0.5, 0.6) is 0 Å². The maximum atomic E-state index is 12.5. The van der Waals surface area contributed by atoms with Gasteiger partial charge in [0.15, 0.2) is 0 Å². The molecule has 0 atom stereocenters. The van der Waals surface area contributed by atoms with E-state index in [9.17, 15) is 9.59 Å². The molecular weight excluding hydrogens is 274 g/mol. The quantitative estimate of drug-likeness (QED) is 0.800. The molecule has 1 amide bonds. The average molecular weight is 295 g/mol. The van der Waals surface area contributed by atoms with Crippen LogP contribution in [0.4, 0.5) is 0 Å². The Morgan fingerprint density at radius 2 is 2.15 bits per heavy atom. The van der Waals surface area contributed by atoms with Crippen molar-refractivity contribution in [3.05, 3.63) is 34.2 Å². The highest BCUT2D eigenvalue weighted by Gasteiger charge is 2.17. The molecule has 110 valence electrons. The van der Waals surface area contributed by atoms with Gasteiger partial charge in [-0.25, -0.2) is 0 Å². The molecule has 0 unspecified atom stereocenters. The van der Waals surface area contributed by atoms with Gasteiger partial charge in [-0.3, -0.25) is 9.59 Å². The number of thiocarbonyl (C=S) groups is 1. The predicted octanol–water partition coefficient (Wildman–Crippen LogP) is 1.16. The summed E-state index contributed by atoms with van der Waals surface area (Å²) in [6, 6.07) is 3.01. The fourth-order valence-electron chi connectivity index (χ4n) is 1.83. The lowest BCUT2D eigenvalue weighted by atomic mass is 10.1. The van der Waals surface area contributed by atoms with E-state index in [0.29, 0.717) is 36.0 Å². The summed E-state index contributed by atoms with van der Waals surface area (Å²) in [5.41, 5.74) is 5.69. The van der Waals surface area contributed by atoms with E-state index in [4.69, 9.17) is 18.0 Å². The van der Waals surface area contributed by atoms with Gasteiger partial charge >= 0.3 is 0 Å². The lowest BCUT2D eigenvalue weighted by Gasteiger charge is -2.24. The molecule has 1 aromatic heterocycles. The Balaban J connectivity index is 2.93. The second kappa shape index (κ2) is 7.19. The molecule has 0 aromatic carbocycles. The minimum absolute atomic E-state index is 0.160. The highest BCUT2D eigenvalue weighted by molar-refractivity contribution is 7.80. The van der Waals surface area contributed by atoms with Crippen LogP contribution in [0.3, 0.4) is 0 Å². The normalized spacial score (nSPS) is 10.6. The number of nitrogens with two attached hydrogens (primary N) is 1. The molecule has 1 rings (SSSR count). The topological polar surface area (TPSA) is 68.3 Å². The van der Waals surface area contributed by atoms with Crippen LogP contribution in [0, 0.1) is 5.92 Å². The second-order valence-corrected chi connectivity index (χ2v) is 5.75. The first kappa shape index (κ1) is 16.4. The largest absolute Gasteiger partial charge is 0.393 e. The van der Waals surface area contributed by atoms with Crippen molar-refractivity contribution in [3.63, 3.8) is 0 Å². The Bertz CT molecular complexity index is 552. The number of rotatable bonds is 6. The molecule has 1 heterocycles. The van der Waals surface area contributed by atoms with Crippen molar-refractivity contribution in [2.45, 2.75) is 20.3 Å². The lowest BCUT2D eigenvalue weighted by Crippen LogP contribution is -2.37. The number of hydrogen-bond acceptors (Lipinski definition) is 3. The summed E-state index contributed by atoms with van der Waals surface area (Å²) < 4.78 is 1.43. The molecule has 0 fully saturated rings. The summed E-state index contributed by atoms with van der Waals surface area (Å²) in [7, 11) is 1.65. The van der Waals surface area contributed by atoms with E-state index in [1.165, 1.54) is 10.6 Å². The first-order valence-corrected chi connectivity index (χ1v) is 6.96. The van der Waals surface area contributed by atoms with Crippen LogP contribution in [0.25, 0.3) is 0 Å². The Kier molecular flexibility index (Phi) is 5.88. The van der Waals surface area contributed by atoms with Crippen molar-refractivity contribution in [2.24, 2.45) is 18.7 Å². The molecule has 6 heteroatoms. The Hall–Kier alpha value is -1.69. The standard InChI is InChI=1S/C14H21N3O2S/c1-10(2)9-17(7-5-12(15)20)14(19)11-4-6-16(3)13(18)8-11/h4,6,8,10H,5,7,9H2,1-3H3,(H2,15,20). The van der Waals surface area contributed by atoms with Crippen molar-refractivity contribution < 1.29 is 4.79 Å². The van der Waals surface area contributed by atoms with E-state index >= 15 is 0 Å². The van der Waals surface area contributed by atoms with Crippen molar-refractivity contribution in [3.8, 4) is 0 Å². The highest BCUT2D eigenvalue weighted by atomic mass is 32.1. The summed E-state index contributed by atoms with van der Waals surface area (Å²) >= 11 is 4.86. The summed E-state index contributed by atoms with van der Waals surface area (Å²) in [5.74, 6) is 0.171. The van der Waals surface area contributed by atoms with E-state index in [1.807, 2.05) is 13.8 Å². The third-order valence-electron chi connectivity index (χ3n) is 2.85. The van der Waals surface area contributed by atoms with Gasteiger partial charge < -0.3 is 15.2 Å². The van der Waals surface area contributed by atoms with Crippen molar-refractivity contribution in [1.82, 2.24) is 9.47 Å². The van der Waals surface area contributed by atoms with Crippen LogP contribution >= 0.6 is 12.2 Å². The van der Waals surface area contributed by atoms with Gasteiger partial charge in [0.25, 0.3) is 11.5 Å². The zero-order valence-corrected chi connectivity index (χ0v) is 12.9. The molecule has 0 aliphatic heterocycles. The first-order chi connectivity index (χ1) is 9.31. The fraction of sp³-hybridized carbons (Fsp3) is 0.500. The Labute approximate surface area is 124 Å². The second-order valence-electron chi connectivity index (χ2n) is 5.23. The molecule has 1 aromatic rings. The molecule has 20 heavy (non-hydrogen) atoms. The first-order valence-electron chi connectivity index (χ1n) is 6.55. The van der Waals surface area contributed by atoms with Gasteiger partial charge in [0, 0.05) is 44.4 Å². The third kappa shape index (κ3) is 4.77. The number of carbonyl (C=O) groups excluding carboxylic acids is 1. The fourth-order valence-corrected chi connectivity index (χ4v) is 1.92. The summed E-state index contributed by atoms with van der Waals surface area (Å²) in [6.07, 6.45) is 2.08. The van der Waals surface area contributed by atoms with E-state index in [-0.39, 0.29) is 11.5 Å². The Morgan fingerprint density at radius 1 is 1.50 bits per heavy atom. The number of hydrogen-bond donors (Lipinski definition) is 1. The van der Waals surface area contributed by atoms with E-state index in [1.54, 1.807) is 24.2 Å². The zero-order valence-electron chi connectivity index (χ0n) is 12.1. The van der Waals surface area contributed by atoms with Crippen LogP contribution < -0.4 is 11.3 Å². The molecule has 0 aliphatic rings. The van der Waals surface area contributed by atoms with Crippen LogP contribution in [0.1, 0.15) is 30.6 Å². The number of aryl methyl sites for hydroxylation is 1. The van der Waals surface area contributed by atoms with Crippen molar-refractivity contribution >= 4 is 23.1 Å². The molecule has 0 aliphatic carbocycles. The molecule has 5 nitrogen and oxygen atoms in total. The molecule has 0 saturated heterocycles. The lowest BCUT2D eigenvalue weighted by molar-refractivity contribution is 0.0741. The van der Waals surface area contributed by atoms with E-state index in [2.05, 4.69) is 0 Å². The van der Waals surface area contributed by atoms with Crippen LogP contribution in [-0.4, -0.2) is 33.5 Å². The van der Waals surface area contributed by atoms with Crippen LogP contribution in [0.2, 0.25) is 0 Å². The van der Waals surface area contributed by atoms with Gasteiger partial charge in [0.05, 0.1) is 4.99 Å². The number of carbonyl (C=O) groups is 1. The third-order valence-corrected chi connectivity index (χ3v) is 3.06. The summed E-state index contributed by atoms with van der Waals surface area (Å²) in [4.78, 5) is 26.1. The van der Waals surface area contributed by atoms with Crippen molar-refractivity contribution in [1.29, 1.82) is 0 Å². The summed E-state index contributed by atoms with van der Waals surface area (Å²) in [5, 5.41) is 0. The van der Waals surface area contributed by atoms with E-state index < -0.39 is 0 Å². The van der Waals surface area contributed by atoms with Crippen LogP contribution in [-0.2, 0) is 7.05 Å². The zero-order chi connectivity index (χ0) is 15.3. The summed E-state index contributed by atoms with van der Waals surface area (Å²) in [6.45, 7) is 5.15. The smallest absolute Gasteiger partial charge is 0.254 e. The highest BCUT2D eigenvalue weighted by Crippen LogP contribution is 2.07. The monoisotopic (exact) mass is 295 g/mol.